The number of hydrogen-bond acceptors (Lipinski definition) is 8. The first-order valence-corrected chi connectivity index (χ1v) is 13.8. The van der Waals surface area contributed by atoms with Gasteiger partial charge >= 0.3 is 0 Å². The van der Waals surface area contributed by atoms with Gasteiger partial charge < -0.3 is 30.5 Å². The van der Waals surface area contributed by atoms with Crippen molar-refractivity contribution in [3.8, 4) is 0 Å². The number of aryl methyl sites for hydroxylation is 2. The molecular formula is C30H35FN8O3. The Balaban J connectivity index is 1.36. The number of carbonyl (C=O) groups is 2. The third kappa shape index (κ3) is 6.50. The summed E-state index contributed by atoms with van der Waals surface area (Å²) in [5.41, 5.74) is 4.95. The Morgan fingerprint density at radius 3 is 2.62 bits per heavy atom. The van der Waals surface area contributed by atoms with Crippen LogP contribution < -0.4 is 20.9 Å². The third-order valence-corrected chi connectivity index (χ3v) is 7.19. The van der Waals surface area contributed by atoms with E-state index in [9.17, 15) is 14.0 Å². The van der Waals surface area contributed by atoms with Gasteiger partial charge in [-0.25, -0.2) is 13.9 Å². The van der Waals surface area contributed by atoms with Crippen LogP contribution in [0.1, 0.15) is 31.8 Å². The number of nitrogens with one attached hydrogen (secondary N) is 3. The summed E-state index contributed by atoms with van der Waals surface area (Å²) in [6, 6.07) is 9.80. The number of amides is 2. The first-order chi connectivity index (χ1) is 20.2. The number of likely N-dealkylation sites (N-methyl/N-ethyl adjacent to an activating group) is 1. The lowest BCUT2D eigenvalue weighted by Crippen LogP contribution is -2.36. The largest absolute Gasteiger partial charge is 0.378 e. The summed E-state index contributed by atoms with van der Waals surface area (Å²) in [6.07, 6.45) is 3.11. The molecule has 2 aromatic heterocycles. The highest BCUT2D eigenvalue weighted by Gasteiger charge is 2.19. The normalized spacial score (nSPS) is 13.4. The maximum atomic E-state index is 14.5. The molecule has 0 radical (unpaired) electrons. The number of carbonyl (C=O) groups excluding carboxylic acids is 2. The van der Waals surface area contributed by atoms with Crippen molar-refractivity contribution >= 4 is 40.2 Å². The molecule has 0 atom stereocenters. The maximum absolute atomic E-state index is 14.5. The zero-order chi connectivity index (χ0) is 29.8. The molecule has 1 saturated heterocycles. The van der Waals surface area contributed by atoms with E-state index in [0.717, 1.165) is 17.7 Å². The molecule has 0 spiro atoms. The number of anilines is 4. The minimum absolute atomic E-state index is 0.180. The molecule has 220 valence electrons. The predicted octanol–water partition coefficient (Wildman–Crippen LogP) is 3.61. The van der Waals surface area contributed by atoms with Crippen LogP contribution in [-0.4, -0.2) is 84.8 Å². The van der Waals surface area contributed by atoms with E-state index < -0.39 is 11.7 Å². The molecule has 12 heteroatoms. The van der Waals surface area contributed by atoms with Gasteiger partial charge in [-0.05, 0) is 69.4 Å². The highest BCUT2D eigenvalue weighted by Crippen LogP contribution is 2.29. The highest BCUT2D eigenvalue weighted by atomic mass is 19.1. The number of benzene rings is 2. The quantitative estimate of drug-likeness (QED) is 0.278. The number of nitrogens with zero attached hydrogens (tertiary/aromatic N) is 5. The molecule has 4 aromatic rings. The van der Waals surface area contributed by atoms with Gasteiger partial charge in [-0.1, -0.05) is 6.07 Å². The van der Waals surface area contributed by atoms with Gasteiger partial charge in [-0.2, -0.15) is 5.10 Å². The summed E-state index contributed by atoms with van der Waals surface area (Å²) < 4.78 is 21.5. The number of rotatable bonds is 9. The minimum Gasteiger partial charge on any atom is -0.378 e. The van der Waals surface area contributed by atoms with E-state index in [-0.39, 0.29) is 11.5 Å². The summed E-state index contributed by atoms with van der Waals surface area (Å²) >= 11 is 0. The van der Waals surface area contributed by atoms with E-state index in [1.807, 2.05) is 43.8 Å². The van der Waals surface area contributed by atoms with Crippen LogP contribution in [0, 0.1) is 19.7 Å². The van der Waals surface area contributed by atoms with Gasteiger partial charge in [0.2, 0.25) is 0 Å². The summed E-state index contributed by atoms with van der Waals surface area (Å²) in [4.78, 5) is 34.4. The molecule has 0 saturated carbocycles. The minimum atomic E-state index is -0.475. The standard InChI is InChI=1S/C30H35FN8O3/c1-19-5-6-23(35-29(40)21-13-22(31)15-24(14-21)38-9-11-42-12-10-38)16-26(19)36-28-27-20(2)25(17-39(27)34-18-33-28)30(41)32-7-8-37(3)4/h5-6,13-18H,7-12H2,1-4H3,(H,32,41)(H,35,40)(H,33,34,36). The Morgan fingerprint density at radius 2 is 1.86 bits per heavy atom. The molecule has 0 aliphatic carbocycles. The van der Waals surface area contributed by atoms with Gasteiger partial charge in [0.05, 0.1) is 18.8 Å². The van der Waals surface area contributed by atoms with Gasteiger partial charge in [0.15, 0.2) is 5.82 Å². The molecule has 1 fully saturated rings. The second-order valence-corrected chi connectivity index (χ2v) is 10.5. The number of aromatic nitrogens is 3. The SMILES string of the molecule is Cc1ccc(NC(=O)c2cc(F)cc(N3CCOCC3)c2)cc1Nc1ncnn2cc(C(=O)NCCN(C)C)c(C)c12. The van der Waals surface area contributed by atoms with Crippen LogP contribution in [0.25, 0.3) is 5.52 Å². The summed E-state index contributed by atoms with van der Waals surface area (Å²) in [5, 5.41) is 13.5. The maximum Gasteiger partial charge on any atom is 0.255 e. The first kappa shape index (κ1) is 29.0. The molecular weight excluding hydrogens is 539 g/mol. The molecule has 3 heterocycles. The molecule has 11 nitrogen and oxygen atoms in total. The second-order valence-electron chi connectivity index (χ2n) is 10.5. The molecule has 0 bridgehead atoms. The fourth-order valence-corrected chi connectivity index (χ4v) is 4.84. The Kier molecular flexibility index (Phi) is 8.64. The van der Waals surface area contributed by atoms with Crippen molar-refractivity contribution in [3.05, 3.63) is 77.0 Å². The van der Waals surface area contributed by atoms with Crippen LogP contribution in [-0.2, 0) is 4.74 Å². The van der Waals surface area contributed by atoms with Crippen LogP contribution in [0.15, 0.2) is 48.9 Å². The molecule has 5 rings (SSSR count). The zero-order valence-electron chi connectivity index (χ0n) is 24.2. The predicted molar refractivity (Wildman–Crippen MR) is 160 cm³/mol. The van der Waals surface area contributed by atoms with E-state index in [0.29, 0.717) is 66.8 Å². The number of morpholine rings is 1. The van der Waals surface area contributed by atoms with E-state index in [4.69, 9.17) is 4.74 Å². The van der Waals surface area contributed by atoms with Gasteiger partial charge in [0.1, 0.15) is 17.7 Å². The fraction of sp³-hybridized carbons (Fsp3) is 0.333. The molecule has 2 aromatic carbocycles. The van der Waals surface area contributed by atoms with Crippen molar-refractivity contribution in [3.63, 3.8) is 0 Å². The van der Waals surface area contributed by atoms with Crippen molar-refractivity contribution in [2.45, 2.75) is 13.8 Å². The highest BCUT2D eigenvalue weighted by molar-refractivity contribution is 6.05. The van der Waals surface area contributed by atoms with E-state index in [1.165, 1.54) is 18.5 Å². The van der Waals surface area contributed by atoms with Crippen molar-refractivity contribution in [1.29, 1.82) is 0 Å². The first-order valence-electron chi connectivity index (χ1n) is 13.8. The Bertz CT molecular complexity index is 1610. The van der Waals surface area contributed by atoms with Crippen LogP contribution in [0.3, 0.4) is 0 Å². The second kappa shape index (κ2) is 12.5. The van der Waals surface area contributed by atoms with Crippen LogP contribution in [0.5, 0.6) is 0 Å². The number of ether oxygens (including phenoxy) is 1. The molecule has 0 unspecified atom stereocenters. The van der Waals surface area contributed by atoms with Crippen molar-refractivity contribution in [1.82, 2.24) is 24.8 Å². The number of halogens is 1. The van der Waals surface area contributed by atoms with E-state index in [1.54, 1.807) is 28.9 Å². The lowest BCUT2D eigenvalue weighted by Gasteiger charge is -2.29. The summed E-state index contributed by atoms with van der Waals surface area (Å²) in [6.45, 7) is 7.44. The summed E-state index contributed by atoms with van der Waals surface area (Å²) in [5.74, 6) is -0.561. The van der Waals surface area contributed by atoms with E-state index in [2.05, 4.69) is 26.0 Å². The van der Waals surface area contributed by atoms with E-state index >= 15 is 0 Å². The topological polar surface area (TPSA) is 116 Å². The average Bonchev–Trinajstić information content (AvgIpc) is 3.32. The Hall–Kier alpha value is -4.55. The van der Waals surface area contributed by atoms with Crippen molar-refractivity contribution < 1.29 is 18.7 Å². The summed E-state index contributed by atoms with van der Waals surface area (Å²) in [7, 11) is 3.90. The third-order valence-electron chi connectivity index (χ3n) is 7.19. The molecule has 1 aliphatic rings. The molecule has 42 heavy (non-hydrogen) atoms. The van der Waals surface area contributed by atoms with Crippen molar-refractivity contribution in [2.24, 2.45) is 0 Å². The molecule has 2 amide bonds. The fourth-order valence-electron chi connectivity index (χ4n) is 4.84. The van der Waals surface area contributed by atoms with Gasteiger partial charge in [0, 0.05) is 55.0 Å². The zero-order valence-corrected chi connectivity index (χ0v) is 24.2. The van der Waals surface area contributed by atoms with Gasteiger partial charge in [0.25, 0.3) is 11.8 Å². The Morgan fingerprint density at radius 1 is 1.07 bits per heavy atom. The monoisotopic (exact) mass is 574 g/mol. The van der Waals surface area contributed by atoms with Crippen LogP contribution in [0.2, 0.25) is 0 Å². The molecule has 1 aliphatic heterocycles. The number of hydrogen-bond donors (Lipinski definition) is 3. The smallest absolute Gasteiger partial charge is 0.255 e. The average molecular weight is 575 g/mol. The van der Waals surface area contributed by atoms with Crippen LogP contribution >= 0.6 is 0 Å². The lowest BCUT2D eigenvalue weighted by molar-refractivity contribution is 0.0949. The molecule has 3 N–H and O–H groups in total. The lowest BCUT2D eigenvalue weighted by atomic mass is 10.1. The van der Waals surface area contributed by atoms with Gasteiger partial charge in [-0.15, -0.1) is 0 Å². The Labute approximate surface area is 243 Å². The number of fused-ring (bicyclic) bond motifs is 1. The van der Waals surface area contributed by atoms with Crippen LogP contribution in [0.4, 0.5) is 27.3 Å². The van der Waals surface area contributed by atoms with Gasteiger partial charge in [-0.3, -0.25) is 9.59 Å². The van der Waals surface area contributed by atoms with Crippen molar-refractivity contribution in [2.75, 3.05) is 69.0 Å².